The Morgan fingerprint density at radius 1 is 0.833 bits per heavy atom. The van der Waals surface area contributed by atoms with Crippen LogP contribution in [-0.2, 0) is 5.60 Å². The Bertz CT molecular complexity index is 905. The van der Waals surface area contributed by atoms with E-state index in [4.69, 9.17) is 4.74 Å². The second-order valence-corrected chi connectivity index (χ2v) is 8.06. The number of nitrogens with zero attached hydrogens (tertiary/aromatic N) is 1. The number of rotatable bonds is 8. The summed E-state index contributed by atoms with van der Waals surface area (Å²) in [5.41, 5.74) is 1.83. The highest BCUT2D eigenvalue weighted by atomic mass is 16.5. The minimum Gasteiger partial charge on any atom is -0.494 e. The molecule has 1 aliphatic rings. The van der Waals surface area contributed by atoms with Crippen molar-refractivity contribution in [1.82, 2.24) is 4.90 Å². The quantitative estimate of drug-likeness (QED) is 0.563. The van der Waals surface area contributed by atoms with E-state index in [1.54, 1.807) is 0 Å². The maximum atomic E-state index is 12.5. The summed E-state index contributed by atoms with van der Waals surface area (Å²) >= 11 is 0. The first kappa shape index (κ1) is 20.6. The lowest BCUT2D eigenvalue weighted by atomic mass is 9.72. The standard InChI is InChI=1S/C27H31NO2/c1-2-30-25-17-15-24(16-18-25)27(29,23-13-7-4-8-14-23)26(21-28-19-9-10-20-28)22-11-5-3-6-12-22/h3-8,11-18,26,29H,2,9-10,19-21H2,1H3/t26-,27+/m0/s1. The summed E-state index contributed by atoms with van der Waals surface area (Å²) in [5.74, 6) is 0.740. The molecule has 2 atom stereocenters. The second-order valence-electron chi connectivity index (χ2n) is 8.06. The van der Waals surface area contributed by atoms with Crippen molar-refractivity contribution in [3.63, 3.8) is 0 Å². The van der Waals surface area contributed by atoms with E-state index < -0.39 is 5.60 Å². The Labute approximate surface area is 179 Å². The van der Waals surface area contributed by atoms with E-state index in [0.29, 0.717) is 6.61 Å². The van der Waals surface area contributed by atoms with Gasteiger partial charge in [0.2, 0.25) is 0 Å². The first-order valence-electron chi connectivity index (χ1n) is 11.0. The summed E-state index contributed by atoms with van der Waals surface area (Å²) in [6.45, 7) is 5.62. The Morgan fingerprint density at radius 3 is 2.00 bits per heavy atom. The molecule has 0 amide bonds. The van der Waals surface area contributed by atoms with Gasteiger partial charge in [0.15, 0.2) is 0 Å². The molecular formula is C27H31NO2. The maximum absolute atomic E-state index is 12.5. The Hall–Kier alpha value is -2.62. The van der Waals surface area contributed by atoms with Gasteiger partial charge < -0.3 is 14.7 Å². The van der Waals surface area contributed by atoms with Crippen LogP contribution in [-0.4, -0.2) is 36.2 Å². The van der Waals surface area contributed by atoms with Crippen LogP contribution in [0, 0.1) is 0 Å². The van der Waals surface area contributed by atoms with Gasteiger partial charge in [0.1, 0.15) is 11.4 Å². The molecule has 0 radical (unpaired) electrons. The van der Waals surface area contributed by atoms with Crippen LogP contribution in [0.4, 0.5) is 0 Å². The summed E-state index contributed by atoms with van der Waals surface area (Å²) in [6, 6.07) is 28.5. The van der Waals surface area contributed by atoms with Crippen LogP contribution in [0.2, 0.25) is 0 Å². The summed E-state index contributed by atoms with van der Waals surface area (Å²) in [4.78, 5) is 2.49. The molecule has 3 aromatic carbocycles. The molecule has 0 spiro atoms. The Balaban J connectivity index is 1.83. The third kappa shape index (κ3) is 4.28. The molecule has 0 saturated carbocycles. The van der Waals surface area contributed by atoms with Crippen molar-refractivity contribution in [3.8, 4) is 5.75 Å². The molecule has 1 saturated heterocycles. The van der Waals surface area contributed by atoms with E-state index in [1.165, 1.54) is 12.8 Å². The van der Waals surface area contributed by atoms with Crippen molar-refractivity contribution in [2.45, 2.75) is 31.3 Å². The highest BCUT2D eigenvalue weighted by molar-refractivity contribution is 5.43. The third-order valence-electron chi connectivity index (χ3n) is 6.17. The van der Waals surface area contributed by atoms with Gasteiger partial charge in [-0.3, -0.25) is 0 Å². The number of benzene rings is 3. The fourth-order valence-corrected chi connectivity index (χ4v) is 4.62. The monoisotopic (exact) mass is 401 g/mol. The van der Waals surface area contributed by atoms with Gasteiger partial charge in [-0.05, 0) is 61.7 Å². The molecule has 0 unspecified atom stereocenters. The van der Waals surface area contributed by atoms with Gasteiger partial charge in [-0.1, -0.05) is 72.8 Å². The summed E-state index contributed by atoms with van der Waals surface area (Å²) < 4.78 is 5.64. The number of likely N-dealkylation sites (tertiary alicyclic amines) is 1. The molecule has 1 N–H and O–H groups in total. The van der Waals surface area contributed by atoms with Crippen LogP contribution in [0.15, 0.2) is 84.9 Å². The zero-order valence-corrected chi connectivity index (χ0v) is 17.7. The molecule has 0 aromatic heterocycles. The molecular weight excluding hydrogens is 370 g/mol. The molecule has 1 fully saturated rings. The molecule has 0 aliphatic carbocycles. The zero-order chi connectivity index (χ0) is 20.8. The van der Waals surface area contributed by atoms with Crippen LogP contribution in [0.3, 0.4) is 0 Å². The average Bonchev–Trinajstić information content (AvgIpc) is 3.32. The summed E-state index contributed by atoms with van der Waals surface area (Å²) in [7, 11) is 0. The fraction of sp³-hybridized carbons (Fsp3) is 0.333. The molecule has 0 bridgehead atoms. The number of hydrogen-bond acceptors (Lipinski definition) is 3. The summed E-state index contributed by atoms with van der Waals surface area (Å²) in [5, 5.41) is 12.5. The molecule has 1 heterocycles. The van der Waals surface area contributed by atoms with Crippen molar-refractivity contribution >= 4 is 0 Å². The molecule has 30 heavy (non-hydrogen) atoms. The third-order valence-corrected chi connectivity index (χ3v) is 6.17. The predicted molar refractivity (Wildman–Crippen MR) is 122 cm³/mol. The topological polar surface area (TPSA) is 32.7 Å². The normalized spacial score (nSPS) is 17.4. The Morgan fingerprint density at radius 2 is 1.40 bits per heavy atom. The highest BCUT2D eigenvalue weighted by Crippen LogP contribution is 2.43. The first-order chi connectivity index (χ1) is 14.7. The summed E-state index contributed by atoms with van der Waals surface area (Å²) in [6.07, 6.45) is 2.46. The van der Waals surface area contributed by atoms with E-state index >= 15 is 0 Å². The van der Waals surface area contributed by atoms with E-state index in [0.717, 1.165) is 42.1 Å². The van der Waals surface area contributed by atoms with E-state index in [-0.39, 0.29) is 5.92 Å². The van der Waals surface area contributed by atoms with E-state index in [1.807, 2.05) is 67.6 Å². The average molecular weight is 402 g/mol. The lowest BCUT2D eigenvalue weighted by Gasteiger charge is -2.40. The van der Waals surface area contributed by atoms with Gasteiger partial charge in [-0.15, -0.1) is 0 Å². The molecule has 3 aromatic rings. The number of ether oxygens (including phenoxy) is 1. The van der Waals surface area contributed by atoms with Crippen molar-refractivity contribution in [2.24, 2.45) is 0 Å². The highest BCUT2D eigenvalue weighted by Gasteiger charge is 2.42. The lowest BCUT2D eigenvalue weighted by Crippen LogP contribution is -2.41. The molecule has 1 aliphatic heterocycles. The van der Waals surface area contributed by atoms with Crippen molar-refractivity contribution < 1.29 is 9.84 Å². The van der Waals surface area contributed by atoms with Gasteiger partial charge in [-0.2, -0.15) is 0 Å². The van der Waals surface area contributed by atoms with Crippen molar-refractivity contribution in [1.29, 1.82) is 0 Å². The number of aliphatic hydroxyl groups is 1. The van der Waals surface area contributed by atoms with Crippen LogP contribution >= 0.6 is 0 Å². The van der Waals surface area contributed by atoms with Gasteiger partial charge in [0.25, 0.3) is 0 Å². The smallest absolute Gasteiger partial charge is 0.123 e. The van der Waals surface area contributed by atoms with Crippen LogP contribution < -0.4 is 4.74 Å². The van der Waals surface area contributed by atoms with Gasteiger partial charge in [0.05, 0.1) is 6.61 Å². The lowest BCUT2D eigenvalue weighted by molar-refractivity contribution is 0.0366. The molecule has 3 heteroatoms. The predicted octanol–water partition coefficient (Wildman–Crippen LogP) is 5.20. The zero-order valence-electron chi connectivity index (χ0n) is 17.7. The van der Waals surface area contributed by atoms with Crippen molar-refractivity contribution in [3.05, 3.63) is 102 Å². The molecule has 4 rings (SSSR count). The SMILES string of the molecule is CCOc1ccc([C@](O)(c2ccccc2)[C@@H](CN2CCCC2)c2ccccc2)cc1. The van der Waals surface area contributed by atoms with Gasteiger partial charge in [0, 0.05) is 12.5 Å². The molecule has 3 nitrogen and oxygen atoms in total. The van der Waals surface area contributed by atoms with Gasteiger partial charge >= 0.3 is 0 Å². The largest absolute Gasteiger partial charge is 0.494 e. The maximum Gasteiger partial charge on any atom is 0.123 e. The van der Waals surface area contributed by atoms with Crippen LogP contribution in [0.1, 0.15) is 42.4 Å². The van der Waals surface area contributed by atoms with Crippen LogP contribution in [0.25, 0.3) is 0 Å². The van der Waals surface area contributed by atoms with E-state index in [2.05, 4.69) is 29.2 Å². The van der Waals surface area contributed by atoms with E-state index in [9.17, 15) is 5.11 Å². The Kier molecular flexibility index (Phi) is 6.51. The minimum absolute atomic E-state index is 0.0860. The first-order valence-corrected chi connectivity index (χ1v) is 11.0. The number of hydrogen-bond donors (Lipinski definition) is 1. The fourth-order valence-electron chi connectivity index (χ4n) is 4.62. The van der Waals surface area contributed by atoms with Crippen LogP contribution in [0.5, 0.6) is 5.75 Å². The van der Waals surface area contributed by atoms with Gasteiger partial charge in [-0.25, -0.2) is 0 Å². The second kappa shape index (κ2) is 9.46. The van der Waals surface area contributed by atoms with Crippen molar-refractivity contribution in [2.75, 3.05) is 26.2 Å². The minimum atomic E-state index is -1.14. The molecule has 156 valence electrons.